The van der Waals surface area contributed by atoms with Gasteiger partial charge in [0.15, 0.2) is 0 Å². The quantitative estimate of drug-likeness (QED) is 0.519. The van der Waals surface area contributed by atoms with Crippen molar-refractivity contribution in [2.75, 3.05) is 19.7 Å². The molecule has 1 aliphatic carbocycles. The maximum Gasteiger partial charge on any atom is 0.0505 e. The predicted molar refractivity (Wildman–Crippen MR) is 35.1 cm³/mol. The van der Waals surface area contributed by atoms with Crippen molar-refractivity contribution in [1.29, 1.82) is 0 Å². The van der Waals surface area contributed by atoms with Crippen LogP contribution in [0.25, 0.3) is 0 Å². The number of aliphatic hydroxyl groups is 1. The van der Waals surface area contributed by atoms with E-state index in [2.05, 4.69) is 12.2 Å². The molecule has 0 radical (unpaired) electrons. The highest BCUT2D eigenvalue weighted by atomic mass is 16.3. The van der Waals surface area contributed by atoms with Gasteiger partial charge < -0.3 is 10.4 Å². The van der Waals surface area contributed by atoms with E-state index >= 15 is 0 Å². The molecule has 0 aromatic rings. The summed E-state index contributed by atoms with van der Waals surface area (Å²) >= 11 is 0. The van der Waals surface area contributed by atoms with Gasteiger partial charge in [-0.1, -0.05) is 6.92 Å². The predicted octanol–water partition coefficient (Wildman–Crippen LogP) is -0.0217. The van der Waals surface area contributed by atoms with E-state index in [1.54, 1.807) is 0 Å². The topological polar surface area (TPSA) is 32.3 Å². The third kappa shape index (κ3) is 0.485. The second kappa shape index (κ2) is 1.32. The van der Waals surface area contributed by atoms with Crippen molar-refractivity contribution >= 4 is 0 Å². The van der Waals surface area contributed by atoms with Crippen molar-refractivity contribution in [3.63, 3.8) is 0 Å². The lowest BCUT2D eigenvalue weighted by Gasteiger charge is -2.07. The fourth-order valence-corrected chi connectivity index (χ4v) is 2.11. The van der Waals surface area contributed by atoms with E-state index in [9.17, 15) is 0 Å². The van der Waals surface area contributed by atoms with Crippen molar-refractivity contribution in [2.45, 2.75) is 13.3 Å². The van der Waals surface area contributed by atoms with Crippen molar-refractivity contribution < 1.29 is 5.11 Å². The van der Waals surface area contributed by atoms with Gasteiger partial charge in [-0.3, -0.25) is 0 Å². The fraction of sp³-hybridized carbons (Fsp3) is 1.00. The Labute approximate surface area is 55.3 Å². The lowest BCUT2D eigenvalue weighted by molar-refractivity contribution is 0.201. The smallest absolute Gasteiger partial charge is 0.0505 e. The third-order valence-corrected chi connectivity index (χ3v) is 3.17. The summed E-state index contributed by atoms with van der Waals surface area (Å²) in [6.45, 7) is 4.76. The molecule has 2 rings (SSSR count). The second-order valence-corrected chi connectivity index (χ2v) is 3.78. The second-order valence-electron chi connectivity index (χ2n) is 3.78. The zero-order valence-electron chi connectivity index (χ0n) is 5.78. The SMILES string of the molecule is C[C@@]12CNC[C@]1(CO)C2. The molecule has 52 valence electrons. The number of hydrogen-bond donors (Lipinski definition) is 2. The Bertz CT molecular complexity index is 144. The number of piperidine rings is 1. The van der Waals surface area contributed by atoms with Crippen LogP contribution in [0, 0.1) is 10.8 Å². The number of aliphatic hydroxyl groups excluding tert-OH is 1. The lowest BCUT2D eigenvalue weighted by atomic mass is 10.00. The van der Waals surface area contributed by atoms with Crippen molar-refractivity contribution in [2.24, 2.45) is 10.8 Å². The van der Waals surface area contributed by atoms with Gasteiger partial charge in [0.1, 0.15) is 0 Å². The summed E-state index contributed by atoms with van der Waals surface area (Å²) < 4.78 is 0. The summed E-state index contributed by atoms with van der Waals surface area (Å²) in [6.07, 6.45) is 1.23. The Hall–Kier alpha value is -0.0800. The maximum absolute atomic E-state index is 8.99. The molecule has 2 fully saturated rings. The van der Waals surface area contributed by atoms with Crippen LogP contribution in [0.3, 0.4) is 0 Å². The van der Waals surface area contributed by atoms with Crippen LogP contribution < -0.4 is 5.32 Å². The van der Waals surface area contributed by atoms with Crippen molar-refractivity contribution in [1.82, 2.24) is 5.32 Å². The molecule has 2 N–H and O–H groups in total. The van der Waals surface area contributed by atoms with Crippen LogP contribution in [0.5, 0.6) is 0 Å². The Balaban J connectivity index is 2.19. The van der Waals surface area contributed by atoms with Crippen LogP contribution in [0.2, 0.25) is 0 Å². The fourth-order valence-electron chi connectivity index (χ4n) is 2.11. The number of rotatable bonds is 1. The highest BCUT2D eigenvalue weighted by molar-refractivity contribution is 5.17. The molecule has 9 heavy (non-hydrogen) atoms. The van der Waals surface area contributed by atoms with Crippen LogP contribution in [-0.4, -0.2) is 24.8 Å². The van der Waals surface area contributed by atoms with E-state index in [0.29, 0.717) is 12.0 Å². The molecule has 2 atom stereocenters. The van der Waals surface area contributed by atoms with E-state index in [1.165, 1.54) is 6.42 Å². The Morgan fingerprint density at radius 1 is 1.56 bits per heavy atom. The minimum atomic E-state index is 0.285. The third-order valence-electron chi connectivity index (χ3n) is 3.17. The maximum atomic E-state index is 8.99. The minimum absolute atomic E-state index is 0.285. The number of fused-ring (bicyclic) bond motifs is 1. The van der Waals surface area contributed by atoms with Gasteiger partial charge in [0.2, 0.25) is 0 Å². The summed E-state index contributed by atoms with van der Waals surface area (Å²) in [7, 11) is 0. The van der Waals surface area contributed by atoms with Gasteiger partial charge in [-0.05, 0) is 11.8 Å². The summed E-state index contributed by atoms with van der Waals surface area (Å²) in [4.78, 5) is 0. The van der Waals surface area contributed by atoms with Crippen LogP contribution in [0.15, 0.2) is 0 Å². The first-order valence-electron chi connectivity index (χ1n) is 3.54. The van der Waals surface area contributed by atoms with Gasteiger partial charge in [0, 0.05) is 18.5 Å². The normalized spacial score (nSPS) is 55.3. The molecule has 0 aromatic heterocycles. The zero-order valence-corrected chi connectivity index (χ0v) is 5.78. The average molecular weight is 127 g/mol. The standard InChI is InChI=1S/C7H13NO/c1-6-2-7(6,5-9)4-8-3-6/h8-9H,2-5H2,1H3/t6-,7+/m1/s1. The molecule has 0 bridgehead atoms. The monoisotopic (exact) mass is 127 g/mol. The van der Waals surface area contributed by atoms with Gasteiger partial charge in [0.25, 0.3) is 0 Å². The van der Waals surface area contributed by atoms with E-state index in [1.807, 2.05) is 0 Å². The number of nitrogens with one attached hydrogen (secondary N) is 1. The molecule has 0 amide bonds. The van der Waals surface area contributed by atoms with Crippen LogP contribution in [-0.2, 0) is 0 Å². The number of hydrogen-bond acceptors (Lipinski definition) is 2. The molecular weight excluding hydrogens is 114 g/mol. The highest BCUT2D eigenvalue weighted by Gasteiger charge is 2.66. The van der Waals surface area contributed by atoms with E-state index in [-0.39, 0.29) is 5.41 Å². The van der Waals surface area contributed by atoms with Crippen molar-refractivity contribution in [3.8, 4) is 0 Å². The van der Waals surface area contributed by atoms with Gasteiger partial charge in [-0.2, -0.15) is 0 Å². The molecular formula is C7H13NO. The molecule has 1 heterocycles. The summed E-state index contributed by atoms with van der Waals surface area (Å²) in [5, 5.41) is 12.3. The molecule has 2 aliphatic rings. The summed E-state index contributed by atoms with van der Waals surface area (Å²) in [6, 6.07) is 0. The summed E-state index contributed by atoms with van der Waals surface area (Å²) in [5.74, 6) is 0. The Morgan fingerprint density at radius 2 is 2.33 bits per heavy atom. The van der Waals surface area contributed by atoms with Crippen LogP contribution in [0.4, 0.5) is 0 Å². The first kappa shape index (κ1) is 5.69. The molecule has 2 heteroatoms. The molecule has 2 nitrogen and oxygen atoms in total. The van der Waals surface area contributed by atoms with Gasteiger partial charge in [-0.15, -0.1) is 0 Å². The molecule has 0 unspecified atom stereocenters. The molecule has 1 saturated carbocycles. The Morgan fingerprint density at radius 3 is 2.56 bits per heavy atom. The Kier molecular flexibility index (Phi) is 0.837. The lowest BCUT2D eigenvalue weighted by Crippen LogP contribution is -2.18. The first-order valence-corrected chi connectivity index (χ1v) is 3.54. The largest absolute Gasteiger partial charge is 0.396 e. The van der Waals surface area contributed by atoms with Crippen LogP contribution in [0.1, 0.15) is 13.3 Å². The zero-order chi connectivity index (χ0) is 6.54. The minimum Gasteiger partial charge on any atom is -0.396 e. The highest BCUT2D eigenvalue weighted by Crippen LogP contribution is 2.65. The molecule has 1 saturated heterocycles. The van der Waals surface area contributed by atoms with Crippen molar-refractivity contribution in [3.05, 3.63) is 0 Å². The summed E-state index contributed by atoms with van der Waals surface area (Å²) in [5.41, 5.74) is 0.731. The molecule has 0 aromatic carbocycles. The van der Waals surface area contributed by atoms with Gasteiger partial charge in [-0.25, -0.2) is 0 Å². The molecule has 1 aliphatic heterocycles. The first-order chi connectivity index (χ1) is 4.22. The van der Waals surface area contributed by atoms with Gasteiger partial charge in [0.05, 0.1) is 6.61 Å². The van der Waals surface area contributed by atoms with E-state index in [4.69, 9.17) is 5.11 Å². The average Bonchev–Trinajstić information content (AvgIpc) is 2.29. The molecule has 0 spiro atoms. The van der Waals surface area contributed by atoms with E-state index in [0.717, 1.165) is 13.1 Å². The van der Waals surface area contributed by atoms with Crippen LogP contribution >= 0.6 is 0 Å². The van der Waals surface area contributed by atoms with Gasteiger partial charge >= 0.3 is 0 Å². The van der Waals surface area contributed by atoms with E-state index < -0.39 is 0 Å².